The standard InChI is InChI=1S/C14H14ClFN2O2/c1-19-8-3-4-9(15)12(5-8)18-13-7-14(20-2)10(16)6-11(13)17/h3-7,18H,17H2,1-2H3. The molecule has 0 atom stereocenters. The molecule has 0 aliphatic carbocycles. The van der Waals surface area contributed by atoms with Gasteiger partial charge >= 0.3 is 0 Å². The Morgan fingerprint density at radius 3 is 2.50 bits per heavy atom. The first kappa shape index (κ1) is 14.3. The van der Waals surface area contributed by atoms with Crippen LogP contribution in [0.4, 0.5) is 21.5 Å². The molecule has 0 saturated carbocycles. The van der Waals surface area contributed by atoms with Gasteiger partial charge in [0.25, 0.3) is 0 Å². The molecule has 0 fully saturated rings. The van der Waals surface area contributed by atoms with E-state index in [1.807, 2.05) is 0 Å². The van der Waals surface area contributed by atoms with Gasteiger partial charge in [0.05, 0.1) is 36.3 Å². The van der Waals surface area contributed by atoms with Crippen molar-refractivity contribution in [2.75, 3.05) is 25.3 Å². The average Bonchev–Trinajstić information content (AvgIpc) is 2.44. The van der Waals surface area contributed by atoms with Gasteiger partial charge in [-0.05, 0) is 12.1 Å². The van der Waals surface area contributed by atoms with E-state index in [2.05, 4.69) is 5.32 Å². The summed E-state index contributed by atoms with van der Waals surface area (Å²) in [6, 6.07) is 7.81. The molecule has 0 heterocycles. The molecule has 0 radical (unpaired) electrons. The van der Waals surface area contributed by atoms with Crippen molar-refractivity contribution < 1.29 is 13.9 Å². The van der Waals surface area contributed by atoms with Crippen molar-refractivity contribution in [3.8, 4) is 11.5 Å². The third kappa shape index (κ3) is 2.88. The van der Waals surface area contributed by atoms with Gasteiger partial charge in [-0.3, -0.25) is 0 Å². The quantitative estimate of drug-likeness (QED) is 0.842. The van der Waals surface area contributed by atoms with Crippen molar-refractivity contribution in [3.05, 3.63) is 41.2 Å². The molecule has 2 aromatic rings. The SMILES string of the molecule is COc1ccc(Cl)c(Nc2cc(OC)c(F)cc2N)c1. The van der Waals surface area contributed by atoms with Gasteiger partial charge in [0.15, 0.2) is 11.6 Å². The summed E-state index contributed by atoms with van der Waals surface area (Å²) < 4.78 is 23.5. The highest BCUT2D eigenvalue weighted by Gasteiger charge is 2.10. The fraction of sp³-hybridized carbons (Fsp3) is 0.143. The van der Waals surface area contributed by atoms with Crippen molar-refractivity contribution in [3.63, 3.8) is 0 Å². The molecule has 20 heavy (non-hydrogen) atoms. The van der Waals surface area contributed by atoms with E-state index in [1.165, 1.54) is 19.2 Å². The lowest BCUT2D eigenvalue weighted by Crippen LogP contribution is -2.00. The summed E-state index contributed by atoms with van der Waals surface area (Å²) in [5, 5.41) is 3.53. The van der Waals surface area contributed by atoms with Gasteiger partial charge in [0, 0.05) is 18.2 Å². The smallest absolute Gasteiger partial charge is 0.167 e. The first-order valence-electron chi connectivity index (χ1n) is 5.78. The lowest BCUT2D eigenvalue weighted by atomic mass is 10.2. The van der Waals surface area contributed by atoms with Crippen LogP contribution in [0, 0.1) is 5.82 Å². The molecule has 0 bridgehead atoms. The average molecular weight is 297 g/mol. The van der Waals surface area contributed by atoms with Crippen LogP contribution in [0.15, 0.2) is 30.3 Å². The Balaban J connectivity index is 2.39. The number of halogens is 2. The maximum absolute atomic E-state index is 13.5. The van der Waals surface area contributed by atoms with Crippen molar-refractivity contribution in [2.45, 2.75) is 0 Å². The van der Waals surface area contributed by atoms with E-state index in [-0.39, 0.29) is 11.4 Å². The topological polar surface area (TPSA) is 56.5 Å². The molecule has 0 amide bonds. The fourth-order valence-electron chi connectivity index (χ4n) is 1.71. The molecule has 3 N–H and O–H groups in total. The number of nitrogen functional groups attached to an aromatic ring is 1. The maximum Gasteiger partial charge on any atom is 0.167 e. The minimum Gasteiger partial charge on any atom is -0.497 e. The number of anilines is 3. The van der Waals surface area contributed by atoms with Crippen molar-refractivity contribution >= 4 is 28.7 Å². The molecule has 0 aliphatic rings. The Morgan fingerprint density at radius 1 is 1.10 bits per heavy atom. The van der Waals surface area contributed by atoms with Crippen LogP contribution in [0.5, 0.6) is 11.5 Å². The number of ether oxygens (including phenoxy) is 2. The largest absolute Gasteiger partial charge is 0.497 e. The minimum absolute atomic E-state index is 0.0979. The van der Waals surface area contributed by atoms with Crippen LogP contribution < -0.4 is 20.5 Å². The zero-order valence-corrected chi connectivity index (χ0v) is 11.8. The second kappa shape index (κ2) is 5.88. The number of methoxy groups -OCH3 is 2. The number of hydrogen-bond donors (Lipinski definition) is 2. The molecular weight excluding hydrogens is 283 g/mol. The molecule has 2 aromatic carbocycles. The zero-order valence-electron chi connectivity index (χ0n) is 11.0. The fourth-order valence-corrected chi connectivity index (χ4v) is 1.87. The zero-order chi connectivity index (χ0) is 14.7. The summed E-state index contributed by atoms with van der Waals surface area (Å²) in [4.78, 5) is 0. The van der Waals surface area contributed by atoms with Crippen LogP contribution in [0.25, 0.3) is 0 Å². The molecule has 0 aromatic heterocycles. The van der Waals surface area contributed by atoms with E-state index < -0.39 is 5.82 Å². The highest BCUT2D eigenvalue weighted by Crippen LogP contribution is 2.34. The third-order valence-corrected chi connectivity index (χ3v) is 3.10. The van der Waals surface area contributed by atoms with Crippen LogP contribution in [-0.4, -0.2) is 14.2 Å². The molecule has 106 valence electrons. The van der Waals surface area contributed by atoms with Crippen LogP contribution in [0.2, 0.25) is 5.02 Å². The summed E-state index contributed by atoms with van der Waals surface area (Å²) in [5.41, 5.74) is 7.13. The Morgan fingerprint density at radius 2 is 1.85 bits per heavy atom. The lowest BCUT2D eigenvalue weighted by molar-refractivity contribution is 0.387. The molecular formula is C14H14ClFN2O2. The van der Waals surface area contributed by atoms with Gasteiger partial charge in [-0.15, -0.1) is 0 Å². The monoisotopic (exact) mass is 296 g/mol. The van der Waals surface area contributed by atoms with E-state index in [9.17, 15) is 4.39 Å². The van der Waals surface area contributed by atoms with Gasteiger partial charge in [-0.1, -0.05) is 11.6 Å². The summed E-state index contributed by atoms with van der Waals surface area (Å²) in [5.74, 6) is 0.220. The highest BCUT2D eigenvalue weighted by molar-refractivity contribution is 6.33. The molecule has 6 heteroatoms. The van der Waals surface area contributed by atoms with Crippen LogP contribution in [0.3, 0.4) is 0 Å². The van der Waals surface area contributed by atoms with Crippen molar-refractivity contribution in [2.24, 2.45) is 0 Å². The normalized spacial score (nSPS) is 10.2. The summed E-state index contributed by atoms with van der Waals surface area (Å²) in [6.45, 7) is 0. The summed E-state index contributed by atoms with van der Waals surface area (Å²) in [6.07, 6.45) is 0. The second-order valence-electron chi connectivity index (χ2n) is 4.04. The van der Waals surface area contributed by atoms with Crippen LogP contribution in [0.1, 0.15) is 0 Å². The van der Waals surface area contributed by atoms with Crippen LogP contribution in [-0.2, 0) is 0 Å². The van der Waals surface area contributed by atoms with Crippen LogP contribution >= 0.6 is 11.6 Å². The van der Waals surface area contributed by atoms with E-state index in [0.29, 0.717) is 22.1 Å². The van der Waals surface area contributed by atoms with Gasteiger partial charge in [-0.25, -0.2) is 4.39 Å². The summed E-state index contributed by atoms with van der Waals surface area (Å²) >= 11 is 6.10. The third-order valence-electron chi connectivity index (χ3n) is 2.77. The first-order valence-corrected chi connectivity index (χ1v) is 6.16. The number of benzene rings is 2. The first-order chi connectivity index (χ1) is 9.55. The van der Waals surface area contributed by atoms with E-state index in [1.54, 1.807) is 25.3 Å². The predicted molar refractivity (Wildman–Crippen MR) is 78.7 cm³/mol. The number of rotatable bonds is 4. The van der Waals surface area contributed by atoms with Crippen molar-refractivity contribution in [1.29, 1.82) is 0 Å². The molecule has 0 unspecified atom stereocenters. The molecule has 2 rings (SSSR count). The Hall–Kier alpha value is -2.14. The number of nitrogens with two attached hydrogens (primary N) is 1. The lowest BCUT2D eigenvalue weighted by Gasteiger charge is -2.13. The van der Waals surface area contributed by atoms with Gasteiger partial charge in [-0.2, -0.15) is 0 Å². The molecule has 0 aliphatic heterocycles. The summed E-state index contributed by atoms with van der Waals surface area (Å²) in [7, 11) is 2.94. The van der Waals surface area contributed by atoms with Gasteiger partial charge in [0.2, 0.25) is 0 Å². The van der Waals surface area contributed by atoms with Crippen molar-refractivity contribution in [1.82, 2.24) is 0 Å². The number of nitrogens with one attached hydrogen (secondary N) is 1. The second-order valence-corrected chi connectivity index (χ2v) is 4.45. The van der Waals surface area contributed by atoms with E-state index in [4.69, 9.17) is 26.8 Å². The van der Waals surface area contributed by atoms with E-state index in [0.717, 1.165) is 0 Å². The van der Waals surface area contributed by atoms with Gasteiger partial charge < -0.3 is 20.5 Å². The highest BCUT2D eigenvalue weighted by atomic mass is 35.5. The Labute approximate surface area is 121 Å². The molecule has 0 spiro atoms. The predicted octanol–water partition coefficient (Wildman–Crippen LogP) is 3.82. The Bertz CT molecular complexity index is 635. The molecule has 0 saturated heterocycles. The Kier molecular flexibility index (Phi) is 4.20. The maximum atomic E-state index is 13.5. The minimum atomic E-state index is -0.521. The van der Waals surface area contributed by atoms with Gasteiger partial charge in [0.1, 0.15) is 5.75 Å². The van der Waals surface area contributed by atoms with E-state index >= 15 is 0 Å². The number of hydrogen-bond acceptors (Lipinski definition) is 4. The molecule has 4 nitrogen and oxygen atoms in total.